The second kappa shape index (κ2) is 35.6. The highest BCUT2D eigenvalue weighted by Crippen LogP contribution is 2.63. The highest BCUT2D eigenvalue weighted by molar-refractivity contribution is 6.35. The molecule has 12 rings (SSSR count). The van der Waals surface area contributed by atoms with Crippen molar-refractivity contribution in [2.24, 2.45) is 5.92 Å². The molecule has 6 atom stereocenters. The van der Waals surface area contributed by atoms with Crippen molar-refractivity contribution in [2.75, 3.05) is 95.5 Å². The number of urea groups is 3. The molecule has 16 nitrogen and oxygen atoms in total. The van der Waals surface area contributed by atoms with Crippen LogP contribution in [0.2, 0.25) is 15.1 Å². The molecule has 0 radical (unpaired) electrons. The van der Waals surface area contributed by atoms with Gasteiger partial charge in [-0.2, -0.15) is 42.1 Å². The van der Waals surface area contributed by atoms with E-state index in [9.17, 15) is 60.7 Å². The van der Waals surface area contributed by atoms with Gasteiger partial charge in [0, 0.05) is 97.6 Å². The molecule has 0 bridgehead atoms. The lowest BCUT2D eigenvalue weighted by atomic mass is 9.80. The van der Waals surface area contributed by atoms with Crippen LogP contribution in [-0.4, -0.2) is 156 Å². The number of anilines is 3. The van der Waals surface area contributed by atoms with Gasteiger partial charge in [0.05, 0.1) is 57.2 Å². The fraction of sp³-hybridized carbons (Fsp3) is 0.418. The standard InChI is InChI=1S/C28H30F4N4O2.C26H28Cl2N4O.C25H26ClF3N4O/c29-25-5-4-21(14-24(25)28(30,31)32)34-26(38)36(11-10-35-9-7-23(37)17-35)22-6-8-27(15-20(27)13-22)19-3-1-2-18(12-19)16-33;27-22-15-23(28)17-24(16-22)30-26(33)32(13-12-31-10-1-2-11-31)25-8-6-20(7-9-25)21-5-3-4-19(14-21)18-29;1-32(2)12-13-33(24(34)31-20-8-11-23(26)22(15-20)25(27,28)29)21-9-6-18(7-10-21)19-5-3-4-17(14-19)16-30/h1-5,12,14,20,22-23,37H,6-11,13,15,17H2,(H,34,38);3-6,14-17,25H,1-2,7-13H2,(H,30,33);3-6,8,11,14-15,21H,7,9-10,12-13H2,1-2H3,(H,31,34)/t20?,22-,23+,27+;;/m1../s1. The lowest BCUT2D eigenvalue weighted by Crippen LogP contribution is -2.48. The number of allylic oxidation sites excluding steroid dienone is 2. The van der Waals surface area contributed by atoms with Crippen LogP contribution in [0.15, 0.2) is 140 Å². The number of aliphatic hydroxyl groups is 1. The molecular weight excluding hydrogens is 1420 g/mol. The summed E-state index contributed by atoms with van der Waals surface area (Å²) in [5, 5.41) is 46.2. The Balaban J connectivity index is 0.000000169. The van der Waals surface area contributed by atoms with Crippen LogP contribution < -0.4 is 16.0 Å². The molecule has 105 heavy (non-hydrogen) atoms. The SMILES string of the molecule is CN(C)CCN(C(=O)Nc1ccc(Cl)c(C(F)(F)F)c1)C1CC=C(c2cccc(C#N)c2)CC1.N#Cc1cccc(C2=CCC(N(CCN3CCCC3)C(=O)Nc3cc(Cl)cc(Cl)c3)CC2)c1.N#Cc1cccc([C@@]23CC[C@@H](N(CCN4CC[C@H](O)C4)C(=O)Nc4ccc(F)c(C(F)(F)F)c4)CC2C3)c1. The number of benzene rings is 6. The minimum Gasteiger partial charge on any atom is -0.392 e. The van der Waals surface area contributed by atoms with Crippen LogP contribution in [-0.2, 0) is 17.8 Å². The molecule has 0 aromatic heterocycles. The fourth-order valence-corrected chi connectivity index (χ4v) is 15.6. The van der Waals surface area contributed by atoms with E-state index in [4.69, 9.17) is 40.1 Å². The fourth-order valence-electron chi connectivity index (χ4n) is 14.9. The largest absolute Gasteiger partial charge is 0.419 e. The predicted octanol–water partition coefficient (Wildman–Crippen LogP) is 17.8. The number of nitrogens with zero attached hydrogens (tertiary/aromatic N) is 9. The summed E-state index contributed by atoms with van der Waals surface area (Å²) in [5.74, 6) is -1.04. The number of fused-ring (bicyclic) bond motifs is 1. The summed E-state index contributed by atoms with van der Waals surface area (Å²) >= 11 is 17.9. The van der Waals surface area contributed by atoms with E-state index in [1.54, 1.807) is 40.1 Å². The molecule has 2 saturated carbocycles. The van der Waals surface area contributed by atoms with E-state index in [2.05, 4.69) is 62.2 Å². The average molecular weight is 1500 g/mol. The maximum absolute atomic E-state index is 13.8. The van der Waals surface area contributed by atoms with Gasteiger partial charge < -0.3 is 45.6 Å². The first kappa shape index (κ1) is 78.9. The summed E-state index contributed by atoms with van der Waals surface area (Å²) in [6, 6.07) is 39.1. The normalized spacial score (nSPS) is 20.7. The Labute approximate surface area is 623 Å². The molecular formula is C79H84Cl3F7N12O4. The van der Waals surface area contributed by atoms with Crippen molar-refractivity contribution in [2.45, 2.75) is 125 Å². The number of carbonyl (C=O) groups is 3. The van der Waals surface area contributed by atoms with Crippen LogP contribution in [0.1, 0.15) is 128 Å². The summed E-state index contributed by atoms with van der Waals surface area (Å²) in [5.41, 5.74) is 5.58. The smallest absolute Gasteiger partial charge is 0.392 e. The molecule has 3 unspecified atom stereocenters. The highest BCUT2D eigenvalue weighted by Gasteiger charge is 2.58. The minimum absolute atomic E-state index is 0.00311. The van der Waals surface area contributed by atoms with Crippen LogP contribution >= 0.6 is 34.8 Å². The number of likely N-dealkylation sites (N-methyl/N-ethyl adjacent to an activating group) is 1. The first-order valence-corrected chi connectivity index (χ1v) is 36.4. The van der Waals surface area contributed by atoms with E-state index in [0.29, 0.717) is 109 Å². The first-order chi connectivity index (χ1) is 50.2. The molecule has 554 valence electrons. The van der Waals surface area contributed by atoms with Crippen molar-refractivity contribution in [3.05, 3.63) is 205 Å². The van der Waals surface area contributed by atoms with Gasteiger partial charge in [0.2, 0.25) is 0 Å². The summed E-state index contributed by atoms with van der Waals surface area (Å²) in [7, 11) is 3.79. The number of carbonyl (C=O) groups excluding carboxylic acids is 3. The van der Waals surface area contributed by atoms with Gasteiger partial charge in [0.15, 0.2) is 0 Å². The van der Waals surface area contributed by atoms with E-state index in [0.717, 1.165) is 118 Å². The van der Waals surface area contributed by atoms with Crippen LogP contribution in [0, 0.1) is 45.7 Å². The predicted molar refractivity (Wildman–Crippen MR) is 395 cm³/mol. The Bertz CT molecular complexity index is 4260. The molecule has 4 aliphatic carbocycles. The maximum Gasteiger partial charge on any atom is 0.419 e. The van der Waals surface area contributed by atoms with Gasteiger partial charge >= 0.3 is 30.4 Å². The van der Waals surface area contributed by atoms with Crippen molar-refractivity contribution in [1.82, 2.24) is 29.4 Å². The molecule has 4 N–H and O–H groups in total. The number of rotatable bonds is 18. The van der Waals surface area contributed by atoms with Crippen molar-refractivity contribution in [3.8, 4) is 18.2 Å². The zero-order valence-electron chi connectivity index (χ0n) is 58.4. The van der Waals surface area contributed by atoms with Gasteiger partial charge in [0.1, 0.15) is 5.82 Å². The number of hydrogen-bond acceptors (Lipinski definition) is 10. The number of hydrogen-bond donors (Lipinski definition) is 4. The monoisotopic (exact) mass is 1500 g/mol. The zero-order valence-corrected chi connectivity index (χ0v) is 60.7. The average Bonchev–Trinajstić information content (AvgIpc) is 1.56. The quantitative estimate of drug-likeness (QED) is 0.0601. The second-order valence-electron chi connectivity index (χ2n) is 27.9. The van der Waals surface area contributed by atoms with Gasteiger partial charge in [-0.05, 0) is 241 Å². The van der Waals surface area contributed by atoms with Gasteiger partial charge in [-0.15, -0.1) is 0 Å². The summed E-state index contributed by atoms with van der Waals surface area (Å²) < 4.78 is 93.0. The third kappa shape index (κ3) is 21.3. The van der Waals surface area contributed by atoms with Crippen molar-refractivity contribution < 1.29 is 50.2 Å². The van der Waals surface area contributed by atoms with Crippen molar-refractivity contribution in [3.63, 3.8) is 0 Å². The lowest BCUT2D eigenvalue weighted by Gasteiger charge is -2.37. The van der Waals surface area contributed by atoms with E-state index >= 15 is 0 Å². The third-order valence-corrected chi connectivity index (χ3v) is 21.3. The Morgan fingerprint density at radius 2 is 1.08 bits per heavy atom. The molecule has 26 heteroatoms. The molecule has 6 aliphatic rings. The number of nitrogens with one attached hydrogen (secondary N) is 3. The maximum atomic E-state index is 13.8. The van der Waals surface area contributed by atoms with Crippen LogP contribution in [0.3, 0.4) is 0 Å². The van der Waals surface area contributed by atoms with Gasteiger partial charge in [-0.1, -0.05) is 83.4 Å². The molecule has 0 spiro atoms. The Morgan fingerprint density at radius 3 is 1.58 bits per heavy atom. The number of amides is 6. The number of nitriles is 3. The Hall–Kier alpha value is -8.70. The molecule has 6 aromatic rings. The van der Waals surface area contributed by atoms with Gasteiger partial charge in [-0.3, -0.25) is 4.90 Å². The molecule has 6 aromatic carbocycles. The molecule has 6 amide bonds. The van der Waals surface area contributed by atoms with Crippen LogP contribution in [0.5, 0.6) is 0 Å². The van der Waals surface area contributed by atoms with E-state index in [1.165, 1.54) is 24.5 Å². The number of alkyl halides is 6. The van der Waals surface area contributed by atoms with Crippen LogP contribution in [0.25, 0.3) is 11.1 Å². The van der Waals surface area contributed by atoms with Gasteiger partial charge in [0.25, 0.3) is 0 Å². The molecule has 4 fully saturated rings. The summed E-state index contributed by atoms with van der Waals surface area (Å²) in [6.45, 7) is 6.93. The Morgan fingerprint density at radius 1 is 0.571 bits per heavy atom. The minimum atomic E-state index is -4.87. The van der Waals surface area contributed by atoms with Gasteiger partial charge in [-0.25, -0.2) is 18.8 Å². The number of likely N-dealkylation sites (tertiary alicyclic amines) is 2. The molecule has 2 aliphatic heterocycles. The number of β-amino-alcohol motifs (C(OH)–C–C–N with tert-alkyl or cyclic N) is 1. The van der Waals surface area contributed by atoms with E-state index in [1.807, 2.05) is 78.5 Å². The third-order valence-electron chi connectivity index (χ3n) is 20.6. The molecule has 2 saturated heterocycles. The number of halogens is 10. The van der Waals surface area contributed by atoms with E-state index in [-0.39, 0.29) is 40.9 Å². The Kier molecular flexibility index (Phi) is 26.7. The summed E-state index contributed by atoms with van der Waals surface area (Å²) in [6.07, 6.45) is 5.40. The summed E-state index contributed by atoms with van der Waals surface area (Å²) in [4.78, 5) is 51.7. The lowest BCUT2D eigenvalue weighted by molar-refractivity contribution is -0.140. The highest BCUT2D eigenvalue weighted by atomic mass is 35.5. The number of aliphatic hydroxyl groups excluding tert-OH is 1. The van der Waals surface area contributed by atoms with E-state index < -0.39 is 52.5 Å². The van der Waals surface area contributed by atoms with Crippen molar-refractivity contribution in [1.29, 1.82) is 15.8 Å². The molecule has 2 heterocycles. The topological polar surface area (TPSA) is 198 Å². The second-order valence-corrected chi connectivity index (χ2v) is 29.2. The van der Waals surface area contributed by atoms with Crippen LogP contribution in [0.4, 0.5) is 62.2 Å². The van der Waals surface area contributed by atoms with Crippen molar-refractivity contribution >= 4 is 81.1 Å². The first-order valence-electron chi connectivity index (χ1n) is 35.3. The zero-order chi connectivity index (χ0) is 75.2.